The summed E-state index contributed by atoms with van der Waals surface area (Å²) in [6.45, 7) is 5.02. The van der Waals surface area contributed by atoms with Crippen LogP contribution in [0.2, 0.25) is 0 Å². The Morgan fingerprint density at radius 3 is 2.53 bits per heavy atom. The van der Waals surface area contributed by atoms with Gasteiger partial charge in [-0.25, -0.2) is 9.18 Å². The van der Waals surface area contributed by atoms with Crippen molar-refractivity contribution in [3.63, 3.8) is 0 Å². The van der Waals surface area contributed by atoms with E-state index in [1.807, 2.05) is 0 Å². The molecule has 1 heterocycles. The van der Waals surface area contributed by atoms with Gasteiger partial charge in [0.2, 0.25) is 0 Å². The van der Waals surface area contributed by atoms with E-state index in [-0.39, 0.29) is 37.4 Å². The number of hydrogen-bond acceptors (Lipinski definition) is 8. The number of carbonyl (C=O) groups excluding carboxylic acids is 1. The minimum atomic E-state index is -2.72. The number of nitro groups is 1. The number of nitro benzene ring substituents is 1. The highest BCUT2D eigenvalue weighted by Crippen LogP contribution is 2.34. The molecule has 0 bridgehead atoms. The van der Waals surface area contributed by atoms with Crippen LogP contribution in [-0.2, 0) is 16.0 Å². The number of rotatable bonds is 7. The van der Waals surface area contributed by atoms with E-state index in [1.165, 1.54) is 17.0 Å². The van der Waals surface area contributed by atoms with Gasteiger partial charge in [0.05, 0.1) is 22.3 Å². The Balaban J connectivity index is 1.97. The number of halogens is 1. The normalized spacial score (nSPS) is 17.2. The predicted octanol–water partition coefficient (Wildman–Crippen LogP) is 2.39. The smallest absolute Gasteiger partial charge is 0.410 e. The summed E-state index contributed by atoms with van der Waals surface area (Å²) < 4.78 is 46.6. The molecule has 11 nitrogen and oxygen atoms in total. The Hall–Kier alpha value is -2.51. The Morgan fingerprint density at radius 1 is 1.37 bits per heavy atom. The van der Waals surface area contributed by atoms with E-state index in [9.17, 15) is 23.7 Å². The van der Waals surface area contributed by atoms with Crippen molar-refractivity contribution in [3.05, 3.63) is 28.3 Å². The molecular weight excluding hydrogens is 425 g/mol. The van der Waals surface area contributed by atoms with E-state index in [0.29, 0.717) is 0 Å². The molecule has 0 aliphatic carbocycles. The average molecular weight is 448 g/mol. The molecule has 30 heavy (non-hydrogen) atoms. The molecular formula is C17H23FN3O8S-. The monoisotopic (exact) mass is 448 g/mol. The van der Waals surface area contributed by atoms with Gasteiger partial charge in [0.25, 0.3) is 0 Å². The highest BCUT2D eigenvalue weighted by atomic mass is 32.2. The Morgan fingerprint density at radius 2 is 2.00 bits per heavy atom. The van der Waals surface area contributed by atoms with E-state index in [2.05, 4.69) is 4.84 Å². The molecule has 168 valence electrons. The number of hydrogen-bond donors (Lipinski definition) is 1. The second-order valence-electron chi connectivity index (χ2n) is 7.71. The highest BCUT2D eigenvalue weighted by Gasteiger charge is 2.38. The second-order valence-corrected chi connectivity index (χ2v) is 8.35. The average Bonchev–Trinajstić information content (AvgIpc) is 2.64. The van der Waals surface area contributed by atoms with E-state index in [1.54, 1.807) is 25.7 Å². The molecule has 13 heteroatoms. The topological polar surface area (TPSA) is 143 Å². The van der Waals surface area contributed by atoms with Gasteiger partial charge >= 0.3 is 11.8 Å². The summed E-state index contributed by atoms with van der Waals surface area (Å²) in [6.07, 6.45) is -0.551. The summed E-state index contributed by atoms with van der Waals surface area (Å²) >= 11 is -2.72. The van der Waals surface area contributed by atoms with Gasteiger partial charge in [-0.05, 0) is 32.9 Å². The van der Waals surface area contributed by atoms with Crippen LogP contribution in [0.25, 0.3) is 0 Å². The Bertz CT molecular complexity index is 809. The minimum absolute atomic E-state index is 0.0134. The van der Waals surface area contributed by atoms with Crippen molar-refractivity contribution in [2.75, 3.05) is 19.7 Å². The third-order valence-electron chi connectivity index (χ3n) is 4.15. The van der Waals surface area contributed by atoms with Crippen LogP contribution in [0.5, 0.6) is 11.5 Å². The number of benzene rings is 1. The van der Waals surface area contributed by atoms with Crippen LogP contribution >= 0.6 is 0 Å². The molecule has 1 atom stereocenters. The molecule has 0 saturated carbocycles. The van der Waals surface area contributed by atoms with Crippen LogP contribution in [0.1, 0.15) is 33.6 Å². The zero-order valence-electron chi connectivity index (χ0n) is 16.7. The van der Waals surface area contributed by atoms with Gasteiger partial charge < -0.3 is 23.8 Å². The lowest BCUT2D eigenvalue weighted by Gasteiger charge is -2.36. The van der Waals surface area contributed by atoms with Crippen LogP contribution in [0, 0.1) is 10.1 Å². The van der Waals surface area contributed by atoms with Crippen molar-refractivity contribution in [2.24, 2.45) is 0 Å². The first kappa shape index (κ1) is 23.8. The number of nitrogens with one attached hydrogen (secondary N) is 1. The number of ether oxygens (including phenoxy) is 2. The minimum Gasteiger partial charge on any atom is -0.758 e. The molecule has 1 aliphatic rings. The molecule has 1 unspecified atom stereocenters. The van der Waals surface area contributed by atoms with Crippen molar-refractivity contribution in [2.45, 2.75) is 44.9 Å². The van der Waals surface area contributed by atoms with Gasteiger partial charge in [-0.2, -0.15) is 0 Å². The van der Waals surface area contributed by atoms with Crippen LogP contribution in [0.15, 0.2) is 18.2 Å². The molecule has 0 spiro atoms. The van der Waals surface area contributed by atoms with Gasteiger partial charge in [-0.15, -0.1) is 0 Å². The lowest BCUT2D eigenvalue weighted by molar-refractivity contribution is -0.386. The summed E-state index contributed by atoms with van der Waals surface area (Å²) in [4.78, 5) is 30.2. The highest BCUT2D eigenvalue weighted by molar-refractivity contribution is 7.76. The third kappa shape index (κ3) is 7.07. The van der Waals surface area contributed by atoms with Crippen LogP contribution in [0.4, 0.5) is 14.9 Å². The molecule has 1 N–H and O–H groups in total. The number of alkyl halides is 1. The van der Waals surface area contributed by atoms with Crippen LogP contribution < -0.4 is 14.5 Å². The second kappa shape index (κ2) is 9.53. The predicted molar refractivity (Wildman–Crippen MR) is 102 cm³/mol. The van der Waals surface area contributed by atoms with Gasteiger partial charge in [-0.1, -0.05) is 4.89 Å². The van der Waals surface area contributed by atoms with Gasteiger partial charge in [0.15, 0.2) is 11.5 Å². The molecule has 1 aromatic carbocycles. The molecule has 1 amide bonds. The fraction of sp³-hybridized carbons (Fsp3) is 0.588. The van der Waals surface area contributed by atoms with E-state index in [4.69, 9.17) is 9.47 Å². The number of carbonyl (C=O) groups is 1. The van der Waals surface area contributed by atoms with Crippen LogP contribution in [0.3, 0.4) is 0 Å². The van der Waals surface area contributed by atoms with Crippen molar-refractivity contribution in [1.82, 2.24) is 9.79 Å². The zero-order valence-corrected chi connectivity index (χ0v) is 17.5. The molecule has 0 radical (unpaired) electrons. The Labute approximate surface area is 175 Å². The number of likely N-dealkylation sites (tertiary alicyclic amines) is 1. The van der Waals surface area contributed by atoms with Crippen molar-refractivity contribution >= 4 is 23.0 Å². The SMILES string of the molecule is CC(C)(C)OC(=O)N1CCC(F)(COc2ccc(ONS(=O)[O-])cc2[N+](=O)[O-])CC1. The first-order valence-electron chi connectivity index (χ1n) is 8.98. The summed E-state index contributed by atoms with van der Waals surface area (Å²) in [5.41, 5.74) is -2.94. The van der Waals surface area contributed by atoms with Crippen molar-refractivity contribution < 1.29 is 37.2 Å². The third-order valence-corrected chi connectivity index (χ3v) is 4.37. The van der Waals surface area contributed by atoms with E-state index < -0.39 is 45.8 Å². The van der Waals surface area contributed by atoms with Gasteiger partial charge in [-0.3, -0.25) is 14.3 Å². The first-order chi connectivity index (χ1) is 13.9. The summed E-state index contributed by atoms with van der Waals surface area (Å²) in [5, 5.41) is 11.3. The molecule has 1 aromatic rings. The summed E-state index contributed by atoms with van der Waals surface area (Å²) in [7, 11) is 0. The fourth-order valence-electron chi connectivity index (χ4n) is 2.68. The molecule has 1 aliphatic heterocycles. The Kier molecular flexibility index (Phi) is 7.55. The van der Waals surface area contributed by atoms with E-state index in [0.717, 1.165) is 6.07 Å². The number of nitrogens with zero attached hydrogens (tertiary/aromatic N) is 2. The largest absolute Gasteiger partial charge is 0.758 e. The number of piperidine rings is 1. The standard InChI is InChI=1S/C17H24FN3O8S/c1-16(2,3)28-15(22)20-8-6-17(18,7-9-20)11-27-14-5-4-12(29-19-30(25)26)10-13(14)21(23)24/h4-5,10,19H,6-9,11H2,1-3H3,(H,25,26)/p-1. The molecule has 0 aromatic heterocycles. The zero-order chi connectivity index (χ0) is 22.5. The lowest BCUT2D eigenvalue weighted by Crippen LogP contribution is -2.48. The van der Waals surface area contributed by atoms with Crippen molar-refractivity contribution in [3.8, 4) is 11.5 Å². The fourth-order valence-corrected chi connectivity index (χ4v) is 2.84. The molecule has 1 fully saturated rings. The van der Waals surface area contributed by atoms with Crippen molar-refractivity contribution in [1.29, 1.82) is 0 Å². The number of amides is 1. The summed E-state index contributed by atoms with van der Waals surface area (Å²) in [6, 6.07) is 3.37. The lowest BCUT2D eigenvalue weighted by atomic mass is 9.94. The quantitative estimate of drug-likeness (QED) is 0.380. The molecule has 1 saturated heterocycles. The maximum absolute atomic E-state index is 15.1. The molecule has 2 rings (SSSR count). The summed E-state index contributed by atoms with van der Waals surface area (Å²) in [5.74, 6) is -0.332. The maximum atomic E-state index is 15.1. The van der Waals surface area contributed by atoms with Gasteiger partial charge in [0, 0.05) is 25.9 Å². The first-order valence-corrected chi connectivity index (χ1v) is 10.1. The van der Waals surface area contributed by atoms with Crippen LogP contribution in [-0.4, -0.2) is 55.6 Å². The maximum Gasteiger partial charge on any atom is 0.410 e. The van der Waals surface area contributed by atoms with E-state index >= 15 is 4.39 Å². The van der Waals surface area contributed by atoms with Gasteiger partial charge in [0.1, 0.15) is 17.9 Å².